The van der Waals surface area contributed by atoms with Crippen LogP contribution in [0.3, 0.4) is 0 Å². The average Bonchev–Trinajstić information content (AvgIpc) is 2.10. The highest BCUT2D eigenvalue weighted by molar-refractivity contribution is 5.95. The summed E-state index contributed by atoms with van der Waals surface area (Å²) in [6, 6.07) is 0.0692. The summed E-state index contributed by atoms with van der Waals surface area (Å²) < 4.78 is 0. The molecule has 1 aliphatic carbocycles. The average molecular weight is 210 g/mol. The van der Waals surface area contributed by atoms with Crippen molar-refractivity contribution >= 4 is 11.8 Å². The Morgan fingerprint density at radius 1 is 1.40 bits per heavy atom. The number of nitrogens with one attached hydrogen (secondary N) is 1. The number of rotatable bonds is 3. The largest absolute Gasteiger partial charge is 0.343 e. The van der Waals surface area contributed by atoms with Gasteiger partial charge in [-0.25, -0.2) is 0 Å². The fraction of sp³-hybridized carbons (Fsp3) is 0.818. The van der Waals surface area contributed by atoms with Crippen LogP contribution in [0.2, 0.25) is 0 Å². The van der Waals surface area contributed by atoms with E-state index >= 15 is 0 Å². The zero-order chi connectivity index (χ0) is 10.8. The van der Waals surface area contributed by atoms with E-state index in [1.54, 1.807) is 4.90 Å². The molecule has 2 aliphatic rings. The molecule has 0 bridgehead atoms. The van der Waals surface area contributed by atoms with Crippen molar-refractivity contribution in [2.75, 3.05) is 6.54 Å². The van der Waals surface area contributed by atoms with Crippen molar-refractivity contribution in [3.63, 3.8) is 0 Å². The normalized spacial score (nSPS) is 27.5. The number of hydrogen-bond donors (Lipinski definition) is 1. The van der Waals surface area contributed by atoms with Crippen molar-refractivity contribution in [3.8, 4) is 0 Å². The Balaban J connectivity index is 2.03. The van der Waals surface area contributed by atoms with Crippen molar-refractivity contribution in [1.82, 2.24) is 10.2 Å². The van der Waals surface area contributed by atoms with Crippen molar-refractivity contribution in [2.45, 2.75) is 51.1 Å². The van der Waals surface area contributed by atoms with Gasteiger partial charge in [0.15, 0.2) is 0 Å². The first-order chi connectivity index (χ1) is 7.22. The number of hydrogen-bond acceptors (Lipinski definition) is 2. The van der Waals surface area contributed by atoms with Crippen LogP contribution in [0.5, 0.6) is 0 Å². The lowest BCUT2D eigenvalue weighted by Crippen LogP contribution is -2.61. The molecular formula is C11H18N2O2. The van der Waals surface area contributed by atoms with E-state index in [9.17, 15) is 9.59 Å². The lowest BCUT2D eigenvalue weighted by atomic mass is 9.90. The molecule has 0 spiro atoms. The molecule has 4 nitrogen and oxygen atoms in total. The fourth-order valence-electron chi connectivity index (χ4n) is 2.23. The standard InChI is InChI=1S/C11H18N2O2/c1-2-4-9-11(15)13(7-10(14)12-9)8-5-3-6-8/h8-9H,2-7H2,1H3,(H,12,14). The van der Waals surface area contributed by atoms with Gasteiger partial charge < -0.3 is 10.2 Å². The van der Waals surface area contributed by atoms with Crippen molar-refractivity contribution in [1.29, 1.82) is 0 Å². The maximum Gasteiger partial charge on any atom is 0.245 e. The Morgan fingerprint density at radius 3 is 2.67 bits per heavy atom. The molecule has 2 fully saturated rings. The van der Waals surface area contributed by atoms with Gasteiger partial charge in [0.05, 0.1) is 6.54 Å². The van der Waals surface area contributed by atoms with Crippen LogP contribution in [0.4, 0.5) is 0 Å². The topological polar surface area (TPSA) is 49.4 Å². The van der Waals surface area contributed by atoms with Crippen LogP contribution in [0.25, 0.3) is 0 Å². The summed E-state index contributed by atoms with van der Waals surface area (Å²) in [5, 5.41) is 2.77. The lowest BCUT2D eigenvalue weighted by molar-refractivity contribution is -0.148. The van der Waals surface area contributed by atoms with Gasteiger partial charge in [-0.05, 0) is 25.7 Å². The third kappa shape index (κ3) is 1.98. The molecular weight excluding hydrogens is 192 g/mol. The first-order valence-corrected chi connectivity index (χ1v) is 5.82. The second-order valence-corrected chi connectivity index (χ2v) is 4.46. The van der Waals surface area contributed by atoms with E-state index in [1.807, 2.05) is 6.92 Å². The quantitative estimate of drug-likeness (QED) is 0.744. The maximum absolute atomic E-state index is 12.0. The Bertz CT molecular complexity index is 274. The second kappa shape index (κ2) is 4.21. The van der Waals surface area contributed by atoms with E-state index in [1.165, 1.54) is 6.42 Å². The van der Waals surface area contributed by atoms with Crippen LogP contribution in [-0.2, 0) is 9.59 Å². The molecule has 0 radical (unpaired) electrons. The minimum Gasteiger partial charge on any atom is -0.343 e. The highest BCUT2D eigenvalue weighted by Gasteiger charge is 2.37. The zero-order valence-electron chi connectivity index (χ0n) is 9.16. The van der Waals surface area contributed by atoms with Crippen molar-refractivity contribution < 1.29 is 9.59 Å². The fourth-order valence-corrected chi connectivity index (χ4v) is 2.23. The zero-order valence-corrected chi connectivity index (χ0v) is 9.16. The van der Waals surface area contributed by atoms with Gasteiger partial charge >= 0.3 is 0 Å². The summed E-state index contributed by atoms with van der Waals surface area (Å²) in [5.74, 6) is 0.126. The molecule has 2 amide bonds. The minimum absolute atomic E-state index is 0.0000463. The number of nitrogens with zero attached hydrogens (tertiary/aromatic N) is 1. The van der Waals surface area contributed by atoms with E-state index in [4.69, 9.17) is 0 Å². The third-order valence-electron chi connectivity index (χ3n) is 3.32. The molecule has 1 heterocycles. The molecule has 1 saturated heterocycles. The number of carbonyl (C=O) groups excluding carboxylic acids is 2. The lowest BCUT2D eigenvalue weighted by Gasteiger charge is -2.41. The molecule has 84 valence electrons. The van der Waals surface area contributed by atoms with Crippen LogP contribution >= 0.6 is 0 Å². The van der Waals surface area contributed by atoms with E-state index < -0.39 is 0 Å². The van der Waals surface area contributed by atoms with Crippen LogP contribution in [0, 0.1) is 0 Å². The minimum atomic E-state index is -0.267. The Kier molecular flexibility index (Phi) is 2.93. The molecule has 0 aromatic carbocycles. The first kappa shape index (κ1) is 10.5. The van der Waals surface area contributed by atoms with Gasteiger partial charge in [-0.3, -0.25) is 9.59 Å². The van der Waals surface area contributed by atoms with Gasteiger partial charge in [-0.2, -0.15) is 0 Å². The maximum atomic E-state index is 12.0. The molecule has 1 unspecified atom stereocenters. The molecule has 0 aromatic rings. The summed E-state index contributed by atoms with van der Waals surface area (Å²) in [7, 11) is 0. The molecule has 4 heteroatoms. The summed E-state index contributed by atoms with van der Waals surface area (Å²) >= 11 is 0. The summed E-state index contributed by atoms with van der Waals surface area (Å²) in [4.78, 5) is 25.2. The van der Waals surface area contributed by atoms with E-state index in [2.05, 4.69) is 5.32 Å². The number of piperazine rings is 1. The second-order valence-electron chi connectivity index (χ2n) is 4.46. The molecule has 2 rings (SSSR count). The Hall–Kier alpha value is -1.06. The molecule has 1 N–H and O–H groups in total. The molecule has 1 aliphatic heterocycles. The van der Waals surface area contributed by atoms with Gasteiger partial charge in [-0.15, -0.1) is 0 Å². The van der Waals surface area contributed by atoms with Crippen LogP contribution < -0.4 is 5.32 Å². The SMILES string of the molecule is CCCC1NC(=O)CN(C2CCC2)C1=O. The number of amides is 2. The van der Waals surface area contributed by atoms with Crippen molar-refractivity contribution in [3.05, 3.63) is 0 Å². The molecule has 0 aromatic heterocycles. The van der Waals surface area contributed by atoms with Gasteiger partial charge in [0.2, 0.25) is 11.8 Å². The van der Waals surface area contributed by atoms with E-state index in [0.717, 1.165) is 25.7 Å². The monoisotopic (exact) mass is 210 g/mol. The molecule has 1 saturated carbocycles. The molecule has 1 atom stereocenters. The van der Waals surface area contributed by atoms with Gasteiger partial charge in [0, 0.05) is 6.04 Å². The van der Waals surface area contributed by atoms with E-state index in [0.29, 0.717) is 6.04 Å². The Labute approximate surface area is 90.0 Å². The first-order valence-electron chi connectivity index (χ1n) is 5.82. The van der Waals surface area contributed by atoms with Crippen molar-refractivity contribution in [2.24, 2.45) is 0 Å². The smallest absolute Gasteiger partial charge is 0.245 e. The Morgan fingerprint density at radius 2 is 2.13 bits per heavy atom. The predicted molar refractivity (Wildman–Crippen MR) is 56.2 cm³/mol. The number of carbonyl (C=O) groups is 2. The van der Waals surface area contributed by atoms with Gasteiger partial charge in [0.25, 0.3) is 0 Å². The van der Waals surface area contributed by atoms with Crippen LogP contribution in [-0.4, -0.2) is 35.3 Å². The highest BCUT2D eigenvalue weighted by Crippen LogP contribution is 2.26. The summed E-state index contributed by atoms with van der Waals surface area (Å²) in [6.45, 7) is 2.30. The summed E-state index contributed by atoms with van der Waals surface area (Å²) in [5.41, 5.74) is 0. The predicted octanol–water partition coefficient (Wildman–Crippen LogP) is 0.666. The van der Waals surface area contributed by atoms with Crippen LogP contribution in [0.1, 0.15) is 39.0 Å². The van der Waals surface area contributed by atoms with E-state index in [-0.39, 0.29) is 24.4 Å². The third-order valence-corrected chi connectivity index (χ3v) is 3.32. The van der Waals surface area contributed by atoms with Gasteiger partial charge in [-0.1, -0.05) is 13.3 Å². The summed E-state index contributed by atoms with van der Waals surface area (Å²) in [6.07, 6.45) is 5.01. The van der Waals surface area contributed by atoms with Crippen LogP contribution in [0.15, 0.2) is 0 Å². The molecule has 15 heavy (non-hydrogen) atoms. The highest BCUT2D eigenvalue weighted by atomic mass is 16.2. The van der Waals surface area contributed by atoms with Gasteiger partial charge in [0.1, 0.15) is 6.04 Å².